The first-order valence-corrected chi connectivity index (χ1v) is 4.79. The molecule has 0 aliphatic carbocycles. The van der Waals surface area contributed by atoms with Gasteiger partial charge in [0.2, 0.25) is 0 Å². The van der Waals surface area contributed by atoms with Crippen LogP contribution in [0.15, 0.2) is 12.4 Å². The number of aromatic amines is 1. The monoisotopic (exact) mass is 180 g/mol. The Balaban J connectivity index is 1.83. The van der Waals surface area contributed by atoms with Gasteiger partial charge in [-0.3, -0.25) is 0 Å². The highest BCUT2D eigenvalue weighted by molar-refractivity contribution is 5.24. The van der Waals surface area contributed by atoms with Gasteiger partial charge in [0, 0.05) is 18.4 Å². The van der Waals surface area contributed by atoms with E-state index < -0.39 is 0 Å². The highest BCUT2D eigenvalue weighted by Crippen LogP contribution is 2.12. The standard InChI is InChI=1S/C9H16N4/c1-13-6-2-8(3-7-13)12-9-10-4-5-11-9/h4-5,8H,2-3,6-7H2,1H3,(H2,10,11,12). The molecule has 0 saturated carbocycles. The molecule has 0 bridgehead atoms. The van der Waals surface area contributed by atoms with Gasteiger partial charge in [-0.15, -0.1) is 0 Å². The first-order valence-electron chi connectivity index (χ1n) is 4.79. The average molecular weight is 180 g/mol. The molecule has 1 fully saturated rings. The predicted octanol–water partition coefficient (Wildman–Crippen LogP) is 0.916. The number of nitrogens with one attached hydrogen (secondary N) is 2. The van der Waals surface area contributed by atoms with Gasteiger partial charge in [-0.05, 0) is 33.0 Å². The van der Waals surface area contributed by atoms with Crippen molar-refractivity contribution >= 4 is 5.95 Å². The third-order valence-corrected chi connectivity index (χ3v) is 2.56. The molecule has 1 aliphatic heterocycles. The Kier molecular flexibility index (Phi) is 2.49. The molecule has 2 rings (SSSR count). The van der Waals surface area contributed by atoms with Crippen molar-refractivity contribution in [1.82, 2.24) is 14.9 Å². The Bertz CT molecular complexity index is 236. The molecule has 2 heterocycles. The molecule has 13 heavy (non-hydrogen) atoms. The summed E-state index contributed by atoms with van der Waals surface area (Å²) in [6.07, 6.45) is 6.03. The molecule has 0 radical (unpaired) electrons. The largest absolute Gasteiger partial charge is 0.353 e. The maximum atomic E-state index is 4.15. The van der Waals surface area contributed by atoms with Crippen LogP contribution < -0.4 is 5.32 Å². The van der Waals surface area contributed by atoms with Gasteiger partial charge in [-0.2, -0.15) is 0 Å². The number of piperidine rings is 1. The zero-order valence-electron chi connectivity index (χ0n) is 7.95. The molecule has 1 saturated heterocycles. The number of nitrogens with zero attached hydrogens (tertiary/aromatic N) is 2. The van der Waals surface area contributed by atoms with Crippen LogP contribution in [-0.2, 0) is 0 Å². The predicted molar refractivity (Wildman–Crippen MR) is 52.7 cm³/mol. The van der Waals surface area contributed by atoms with Crippen molar-refractivity contribution in [1.29, 1.82) is 0 Å². The summed E-state index contributed by atoms with van der Waals surface area (Å²) in [6.45, 7) is 2.36. The van der Waals surface area contributed by atoms with Gasteiger partial charge in [0.15, 0.2) is 5.95 Å². The summed E-state index contributed by atoms with van der Waals surface area (Å²) < 4.78 is 0. The molecule has 4 heteroatoms. The number of imidazole rings is 1. The topological polar surface area (TPSA) is 44.0 Å². The summed E-state index contributed by atoms with van der Waals surface area (Å²) in [5.74, 6) is 0.898. The molecular formula is C9H16N4. The van der Waals surface area contributed by atoms with Crippen LogP contribution in [0.5, 0.6) is 0 Å². The van der Waals surface area contributed by atoms with Gasteiger partial charge >= 0.3 is 0 Å². The van der Waals surface area contributed by atoms with Crippen LogP contribution in [0.3, 0.4) is 0 Å². The smallest absolute Gasteiger partial charge is 0.200 e. The van der Waals surface area contributed by atoms with Crippen LogP contribution in [0.25, 0.3) is 0 Å². The highest BCUT2D eigenvalue weighted by atomic mass is 15.2. The van der Waals surface area contributed by atoms with Crippen LogP contribution in [0.2, 0.25) is 0 Å². The molecule has 1 aliphatic rings. The fourth-order valence-corrected chi connectivity index (χ4v) is 1.69. The molecule has 1 aromatic heterocycles. The van der Waals surface area contributed by atoms with E-state index in [9.17, 15) is 0 Å². The number of anilines is 1. The molecule has 72 valence electrons. The first-order chi connectivity index (χ1) is 6.34. The second-order valence-electron chi connectivity index (χ2n) is 3.66. The van der Waals surface area contributed by atoms with Crippen LogP contribution >= 0.6 is 0 Å². The SMILES string of the molecule is CN1CCC(Nc2ncc[nH]2)CC1. The molecule has 0 unspecified atom stereocenters. The van der Waals surface area contributed by atoms with E-state index in [0.717, 1.165) is 5.95 Å². The molecule has 1 aromatic rings. The van der Waals surface area contributed by atoms with E-state index in [-0.39, 0.29) is 0 Å². The molecule has 0 spiro atoms. The van der Waals surface area contributed by atoms with Crippen molar-refractivity contribution in [3.8, 4) is 0 Å². The van der Waals surface area contributed by atoms with Crippen LogP contribution in [-0.4, -0.2) is 41.0 Å². The summed E-state index contributed by atoms with van der Waals surface area (Å²) in [4.78, 5) is 9.57. The third kappa shape index (κ3) is 2.21. The summed E-state index contributed by atoms with van der Waals surface area (Å²) >= 11 is 0. The highest BCUT2D eigenvalue weighted by Gasteiger charge is 2.16. The van der Waals surface area contributed by atoms with Crippen molar-refractivity contribution in [2.75, 3.05) is 25.5 Å². The van der Waals surface area contributed by atoms with Crippen LogP contribution in [0.4, 0.5) is 5.95 Å². The van der Waals surface area contributed by atoms with Crippen molar-refractivity contribution in [3.63, 3.8) is 0 Å². The lowest BCUT2D eigenvalue weighted by Crippen LogP contribution is -2.36. The minimum Gasteiger partial charge on any atom is -0.353 e. The molecule has 2 N–H and O–H groups in total. The zero-order valence-corrected chi connectivity index (χ0v) is 7.95. The summed E-state index contributed by atoms with van der Waals surface area (Å²) in [5, 5.41) is 3.39. The number of H-pyrrole nitrogens is 1. The number of likely N-dealkylation sites (tertiary alicyclic amines) is 1. The number of rotatable bonds is 2. The zero-order chi connectivity index (χ0) is 9.10. The van der Waals surface area contributed by atoms with E-state index in [2.05, 4.69) is 27.2 Å². The van der Waals surface area contributed by atoms with Gasteiger partial charge in [0.05, 0.1) is 0 Å². The lowest BCUT2D eigenvalue weighted by molar-refractivity contribution is 0.263. The Morgan fingerprint density at radius 2 is 2.31 bits per heavy atom. The Labute approximate surface area is 78.4 Å². The van der Waals surface area contributed by atoms with E-state index in [1.807, 2.05) is 6.20 Å². The Morgan fingerprint density at radius 3 is 2.92 bits per heavy atom. The quantitative estimate of drug-likeness (QED) is 0.711. The van der Waals surface area contributed by atoms with Crippen LogP contribution in [0, 0.1) is 0 Å². The van der Waals surface area contributed by atoms with E-state index in [1.165, 1.54) is 25.9 Å². The molecular weight excluding hydrogens is 164 g/mol. The van der Waals surface area contributed by atoms with Gasteiger partial charge < -0.3 is 15.2 Å². The van der Waals surface area contributed by atoms with Crippen molar-refractivity contribution < 1.29 is 0 Å². The summed E-state index contributed by atoms with van der Waals surface area (Å²) in [5.41, 5.74) is 0. The normalized spacial score (nSPS) is 20.4. The molecule has 0 amide bonds. The second-order valence-corrected chi connectivity index (χ2v) is 3.66. The van der Waals surface area contributed by atoms with Crippen molar-refractivity contribution in [2.45, 2.75) is 18.9 Å². The maximum Gasteiger partial charge on any atom is 0.200 e. The van der Waals surface area contributed by atoms with E-state index in [4.69, 9.17) is 0 Å². The minimum atomic E-state index is 0.586. The molecule has 4 nitrogen and oxygen atoms in total. The summed E-state index contributed by atoms with van der Waals surface area (Å²) in [7, 11) is 2.17. The lowest BCUT2D eigenvalue weighted by atomic mass is 10.1. The number of aromatic nitrogens is 2. The summed E-state index contributed by atoms with van der Waals surface area (Å²) in [6, 6.07) is 0.586. The number of hydrogen-bond donors (Lipinski definition) is 2. The van der Waals surface area contributed by atoms with Gasteiger partial charge in [0.25, 0.3) is 0 Å². The minimum absolute atomic E-state index is 0.586. The van der Waals surface area contributed by atoms with Gasteiger partial charge in [-0.1, -0.05) is 0 Å². The molecule has 0 aromatic carbocycles. The lowest BCUT2D eigenvalue weighted by Gasteiger charge is -2.29. The third-order valence-electron chi connectivity index (χ3n) is 2.56. The Hall–Kier alpha value is -1.03. The first kappa shape index (κ1) is 8.56. The van der Waals surface area contributed by atoms with Gasteiger partial charge in [-0.25, -0.2) is 4.98 Å². The van der Waals surface area contributed by atoms with E-state index in [0.29, 0.717) is 6.04 Å². The maximum absolute atomic E-state index is 4.15. The van der Waals surface area contributed by atoms with E-state index in [1.54, 1.807) is 6.20 Å². The number of hydrogen-bond acceptors (Lipinski definition) is 3. The Morgan fingerprint density at radius 1 is 1.54 bits per heavy atom. The van der Waals surface area contributed by atoms with Crippen molar-refractivity contribution in [3.05, 3.63) is 12.4 Å². The molecule has 0 atom stereocenters. The average Bonchev–Trinajstić information content (AvgIpc) is 2.62. The van der Waals surface area contributed by atoms with Gasteiger partial charge in [0.1, 0.15) is 0 Å². The van der Waals surface area contributed by atoms with E-state index >= 15 is 0 Å². The van der Waals surface area contributed by atoms with Crippen LogP contribution in [0.1, 0.15) is 12.8 Å². The fraction of sp³-hybridized carbons (Fsp3) is 0.667. The van der Waals surface area contributed by atoms with Crippen molar-refractivity contribution in [2.24, 2.45) is 0 Å². The second kappa shape index (κ2) is 3.79. The fourth-order valence-electron chi connectivity index (χ4n) is 1.69.